The zero-order valence-electron chi connectivity index (χ0n) is 6.81. The lowest BCUT2D eigenvalue weighted by Gasteiger charge is -2.09. The van der Waals surface area contributed by atoms with Gasteiger partial charge < -0.3 is 4.74 Å². The quantitative estimate of drug-likeness (QED) is 0.622. The second kappa shape index (κ2) is 4.36. The fourth-order valence-electron chi connectivity index (χ4n) is 0.756. The van der Waals surface area contributed by atoms with Crippen LogP contribution in [0.15, 0.2) is 16.9 Å². The molecule has 0 spiro atoms. The van der Waals surface area contributed by atoms with E-state index >= 15 is 0 Å². The zero-order chi connectivity index (χ0) is 11.6. The monoisotopic (exact) mass is 303 g/mol. The number of nitrogens with zero attached hydrogens (tertiary/aromatic N) is 1. The lowest BCUT2D eigenvalue weighted by Crippen LogP contribution is -2.17. The number of carbonyl (C=O) groups excluding carboxylic acids is 1. The van der Waals surface area contributed by atoms with Crippen LogP contribution in [0, 0.1) is 0 Å². The van der Waals surface area contributed by atoms with Crippen LogP contribution in [0.1, 0.15) is 10.4 Å². The van der Waals surface area contributed by atoms with Gasteiger partial charge in [-0.2, -0.15) is 0 Å². The summed E-state index contributed by atoms with van der Waals surface area (Å²) in [6, 6.07) is 0.847. The Bertz CT molecular complexity index is 396. The van der Waals surface area contributed by atoms with Crippen molar-refractivity contribution in [2.24, 2.45) is 0 Å². The molecule has 1 heterocycles. The summed E-state index contributed by atoms with van der Waals surface area (Å²) in [5, 5.41) is -0.929. The van der Waals surface area contributed by atoms with Crippen LogP contribution >= 0.6 is 27.5 Å². The minimum atomic E-state index is -4.83. The van der Waals surface area contributed by atoms with E-state index in [-0.39, 0.29) is 10.2 Å². The molecule has 1 aromatic heterocycles. The first-order chi connectivity index (χ1) is 6.79. The zero-order valence-corrected chi connectivity index (χ0v) is 9.15. The first-order valence-electron chi connectivity index (χ1n) is 3.41. The van der Waals surface area contributed by atoms with Crippen LogP contribution in [0.4, 0.5) is 13.2 Å². The molecule has 0 aliphatic carbocycles. The molecule has 0 atom stereocenters. The van der Waals surface area contributed by atoms with Crippen molar-refractivity contribution in [3.8, 4) is 5.75 Å². The van der Waals surface area contributed by atoms with Gasteiger partial charge in [0.25, 0.3) is 5.24 Å². The molecular formula is C7H2BrClF3NO2. The van der Waals surface area contributed by atoms with Crippen LogP contribution in [0.25, 0.3) is 0 Å². The highest BCUT2D eigenvalue weighted by atomic mass is 79.9. The molecule has 0 fully saturated rings. The van der Waals surface area contributed by atoms with Crippen molar-refractivity contribution in [2.75, 3.05) is 0 Å². The molecule has 8 heteroatoms. The molecule has 1 rings (SSSR count). The van der Waals surface area contributed by atoms with E-state index in [4.69, 9.17) is 11.6 Å². The van der Waals surface area contributed by atoms with E-state index in [2.05, 4.69) is 25.7 Å². The highest BCUT2D eigenvalue weighted by Crippen LogP contribution is 2.26. The summed E-state index contributed by atoms with van der Waals surface area (Å²) in [4.78, 5) is 14.2. The maximum absolute atomic E-state index is 11.8. The summed E-state index contributed by atoms with van der Waals surface area (Å²) >= 11 is 7.96. The van der Waals surface area contributed by atoms with E-state index in [0.29, 0.717) is 0 Å². The van der Waals surface area contributed by atoms with Gasteiger partial charge in [0.1, 0.15) is 10.4 Å². The van der Waals surface area contributed by atoms with Gasteiger partial charge in [-0.15, -0.1) is 13.2 Å². The lowest BCUT2D eigenvalue weighted by atomic mass is 10.3. The third-order valence-electron chi connectivity index (χ3n) is 1.26. The van der Waals surface area contributed by atoms with Gasteiger partial charge in [-0.05, 0) is 33.6 Å². The topological polar surface area (TPSA) is 39.2 Å². The first-order valence-corrected chi connectivity index (χ1v) is 4.58. The second-order valence-corrected chi connectivity index (χ2v) is 3.43. The molecule has 0 aliphatic heterocycles. The minimum Gasteiger partial charge on any atom is -0.404 e. The van der Waals surface area contributed by atoms with Crippen LogP contribution in [-0.4, -0.2) is 16.6 Å². The van der Waals surface area contributed by atoms with Gasteiger partial charge in [-0.3, -0.25) is 4.79 Å². The van der Waals surface area contributed by atoms with Crippen molar-refractivity contribution in [1.82, 2.24) is 4.98 Å². The maximum atomic E-state index is 11.8. The van der Waals surface area contributed by atoms with Crippen molar-refractivity contribution >= 4 is 32.8 Å². The molecular weight excluding hydrogens is 302 g/mol. The summed E-state index contributed by atoms with van der Waals surface area (Å²) in [7, 11) is 0. The van der Waals surface area contributed by atoms with Crippen LogP contribution in [-0.2, 0) is 0 Å². The number of alkyl halides is 3. The summed E-state index contributed by atoms with van der Waals surface area (Å²) in [5.41, 5.74) is -0.196. The Morgan fingerprint density at radius 1 is 1.53 bits per heavy atom. The van der Waals surface area contributed by atoms with Gasteiger partial charge in [0, 0.05) is 0 Å². The van der Waals surface area contributed by atoms with Crippen molar-refractivity contribution in [2.45, 2.75) is 6.36 Å². The number of ether oxygens (including phenoxy) is 1. The van der Waals surface area contributed by atoms with E-state index in [1.165, 1.54) is 0 Å². The Balaban J connectivity index is 3.03. The van der Waals surface area contributed by atoms with E-state index in [1.54, 1.807) is 0 Å². The largest absolute Gasteiger partial charge is 0.573 e. The number of halogens is 5. The molecule has 0 unspecified atom stereocenters. The van der Waals surface area contributed by atoms with Crippen molar-refractivity contribution < 1.29 is 22.7 Å². The van der Waals surface area contributed by atoms with E-state index in [9.17, 15) is 18.0 Å². The normalized spacial score (nSPS) is 11.3. The molecule has 0 amide bonds. The van der Waals surface area contributed by atoms with Crippen LogP contribution in [0.5, 0.6) is 5.75 Å². The summed E-state index contributed by atoms with van der Waals surface area (Å²) in [6.45, 7) is 0. The predicted molar refractivity (Wildman–Crippen MR) is 48.8 cm³/mol. The molecule has 15 heavy (non-hydrogen) atoms. The van der Waals surface area contributed by atoms with Crippen molar-refractivity contribution in [1.29, 1.82) is 0 Å². The smallest absolute Gasteiger partial charge is 0.404 e. The van der Waals surface area contributed by atoms with E-state index in [1.807, 2.05) is 0 Å². The molecule has 0 bridgehead atoms. The molecule has 0 saturated carbocycles. The first kappa shape index (κ1) is 12.3. The van der Waals surface area contributed by atoms with Crippen LogP contribution in [0.3, 0.4) is 0 Å². The maximum Gasteiger partial charge on any atom is 0.573 e. The lowest BCUT2D eigenvalue weighted by molar-refractivity contribution is -0.274. The predicted octanol–water partition coefficient (Wildman–Crippen LogP) is 3.12. The molecule has 0 aromatic carbocycles. The minimum absolute atomic E-state index is 0.0528. The number of hydrogen-bond donors (Lipinski definition) is 0. The molecule has 0 aliphatic rings. The standard InChI is InChI=1S/C7H2BrClF3NO2/c8-5-4(6(9)14)1-3(2-13-5)15-7(10,11)12/h1-2H. The molecule has 0 saturated heterocycles. The summed E-state index contributed by atoms with van der Waals surface area (Å²) in [6.07, 6.45) is -4.01. The van der Waals surface area contributed by atoms with Crippen molar-refractivity contribution in [3.63, 3.8) is 0 Å². The number of rotatable bonds is 2. The van der Waals surface area contributed by atoms with Gasteiger partial charge in [0.15, 0.2) is 0 Å². The molecule has 3 nitrogen and oxygen atoms in total. The average molecular weight is 304 g/mol. The van der Waals surface area contributed by atoms with Crippen molar-refractivity contribution in [3.05, 3.63) is 22.4 Å². The summed E-state index contributed by atoms with van der Waals surface area (Å²) < 4.78 is 39.0. The van der Waals surface area contributed by atoms with Gasteiger partial charge in [-0.1, -0.05) is 0 Å². The Morgan fingerprint density at radius 3 is 2.60 bits per heavy atom. The SMILES string of the molecule is O=C(Cl)c1cc(OC(F)(F)F)cnc1Br. The average Bonchev–Trinajstić information content (AvgIpc) is 2.05. The fraction of sp³-hybridized carbons (Fsp3) is 0.143. The Kier molecular flexibility index (Phi) is 3.56. The molecule has 1 aromatic rings. The van der Waals surface area contributed by atoms with Gasteiger partial charge in [-0.25, -0.2) is 4.98 Å². The molecule has 0 N–H and O–H groups in total. The Hall–Kier alpha value is -0.820. The van der Waals surface area contributed by atoms with E-state index in [0.717, 1.165) is 12.3 Å². The van der Waals surface area contributed by atoms with Gasteiger partial charge in [0.05, 0.1) is 11.8 Å². The van der Waals surface area contributed by atoms with Gasteiger partial charge >= 0.3 is 6.36 Å². The number of hydrogen-bond acceptors (Lipinski definition) is 3. The number of aromatic nitrogens is 1. The van der Waals surface area contributed by atoms with Gasteiger partial charge in [0.2, 0.25) is 0 Å². The van der Waals surface area contributed by atoms with Crippen LogP contribution in [0.2, 0.25) is 0 Å². The number of pyridine rings is 1. The molecule has 82 valence electrons. The highest BCUT2D eigenvalue weighted by molar-refractivity contribution is 9.10. The highest BCUT2D eigenvalue weighted by Gasteiger charge is 2.31. The molecule has 0 radical (unpaired) electrons. The Morgan fingerprint density at radius 2 is 2.13 bits per heavy atom. The van der Waals surface area contributed by atoms with E-state index < -0.39 is 17.4 Å². The summed E-state index contributed by atoms with van der Waals surface area (Å²) in [5.74, 6) is -0.602. The van der Waals surface area contributed by atoms with Crippen LogP contribution < -0.4 is 4.74 Å². The third kappa shape index (κ3) is 3.67. The third-order valence-corrected chi connectivity index (χ3v) is 2.09. The second-order valence-electron chi connectivity index (χ2n) is 2.33. The Labute approximate surface area is 95.3 Å². The fourth-order valence-corrected chi connectivity index (χ4v) is 1.41. The number of carbonyl (C=O) groups is 1.